The molecule has 0 aliphatic heterocycles. The van der Waals surface area contributed by atoms with Crippen molar-refractivity contribution in [3.8, 4) is 0 Å². The maximum atomic E-state index is 11.7. The van der Waals surface area contributed by atoms with Crippen LogP contribution in [0.5, 0.6) is 0 Å². The lowest BCUT2D eigenvalue weighted by Crippen LogP contribution is -2.01. The zero-order chi connectivity index (χ0) is 10.3. The average molecular weight is 383 g/mol. The van der Waals surface area contributed by atoms with Gasteiger partial charge in [0.2, 0.25) is 5.43 Å². The molecule has 0 spiro atoms. The molecule has 0 saturated heterocycles. The number of fused-ring (bicyclic) bond motifs is 1. The smallest absolute Gasteiger partial charge is 0.206 e. The summed E-state index contributed by atoms with van der Waals surface area (Å²) in [7, 11) is 0. The Hall–Kier alpha value is -0.130. The maximum absolute atomic E-state index is 11.7. The van der Waals surface area contributed by atoms with Crippen LogP contribution in [0.1, 0.15) is 0 Å². The van der Waals surface area contributed by atoms with E-state index in [1.165, 1.54) is 6.26 Å². The van der Waals surface area contributed by atoms with Gasteiger partial charge in [-0.1, -0.05) is 15.9 Å². The van der Waals surface area contributed by atoms with Crippen molar-refractivity contribution in [1.29, 1.82) is 0 Å². The number of hydrogen-bond donors (Lipinski definition) is 0. The van der Waals surface area contributed by atoms with Gasteiger partial charge in [-0.25, -0.2) is 0 Å². The Morgan fingerprint density at radius 3 is 2.50 bits per heavy atom. The van der Waals surface area contributed by atoms with Crippen LogP contribution in [-0.4, -0.2) is 0 Å². The molecule has 2 nitrogen and oxygen atoms in total. The van der Waals surface area contributed by atoms with E-state index in [0.29, 0.717) is 15.4 Å². The largest absolute Gasteiger partial charge is 0.462 e. The van der Waals surface area contributed by atoms with Crippen LogP contribution < -0.4 is 5.43 Å². The third kappa shape index (κ3) is 1.68. The van der Waals surface area contributed by atoms with Crippen molar-refractivity contribution in [2.24, 2.45) is 0 Å². The normalized spacial score (nSPS) is 10.8. The molecule has 0 radical (unpaired) electrons. The summed E-state index contributed by atoms with van der Waals surface area (Å²) in [5.41, 5.74) is 0.481. The molecule has 1 aromatic heterocycles. The van der Waals surface area contributed by atoms with E-state index < -0.39 is 0 Å². The van der Waals surface area contributed by atoms with Crippen molar-refractivity contribution in [2.75, 3.05) is 0 Å². The summed E-state index contributed by atoms with van der Waals surface area (Å²) in [6.45, 7) is 0. The quantitative estimate of drug-likeness (QED) is 0.687. The van der Waals surface area contributed by atoms with Gasteiger partial charge in [0.15, 0.2) is 5.58 Å². The lowest BCUT2D eigenvalue weighted by molar-refractivity contribution is 0.596. The first-order chi connectivity index (χ1) is 6.59. The maximum Gasteiger partial charge on any atom is 0.206 e. The fourth-order valence-corrected chi connectivity index (χ4v) is 2.77. The molecule has 0 bridgehead atoms. The highest BCUT2D eigenvalue weighted by atomic mass is 79.9. The van der Waals surface area contributed by atoms with Gasteiger partial charge in [-0.15, -0.1) is 0 Å². The minimum Gasteiger partial charge on any atom is -0.462 e. The zero-order valence-electron chi connectivity index (χ0n) is 6.68. The molecular formula is C9H3Br3O2. The van der Waals surface area contributed by atoms with Crippen molar-refractivity contribution in [1.82, 2.24) is 0 Å². The first-order valence-electron chi connectivity index (χ1n) is 3.65. The van der Waals surface area contributed by atoms with Crippen LogP contribution >= 0.6 is 47.8 Å². The molecule has 1 aromatic carbocycles. The Morgan fingerprint density at radius 1 is 1.07 bits per heavy atom. The van der Waals surface area contributed by atoms with Crippen LogP contribution in [0.2, 0.25) is 0 Å². The Labute approximate surface area is 105 Å². The molecular weight excluding hydrogens is 380 g/mol. The van der Waals surface area contributed by atoms with Crippen LogP contribution in [0.15, 0.2) is 41.0 Å². The summed E-state index contributed by atoms with van der Waals surface area (Å²) in [5.74, 6) is 0. The number of halogens is 3. The van der Waals surface area contributed by atoms with Gasteiger partial charge in [-0.2, -0.15) is 0 Å². The Bertz CT molecular complexity index is 560. The summed E-state index contributed by atoms with van der Waals surface area (Å²) in [6.07, 6.45) is 1.39. The first-order valence-corrected chi connectivity index (χ1v) is 6.03. The molecule has 0 aliphatic carbocycles. The fourth-order valence-electron chi connectivity index (χ4n) is 1.14. The highest BCUT2D eigenvalue weighted by molar-refractivity contribution is 9.11. The molecule has 0 N–H and O–H groups in total. The summed E-state index contributed by atoms with van der Waals surface area (Å²) >= 11 is 9.77. The summed E-state index contributed by atoms with van der Waals surface area (Å²) in [5, 5.41) is 0.542. The van der Waals surface area contributed by atoms with Gasteiger partial charge < -0.3 is 4.42 Å². The van der Waals surface area contributed by atoms with Crippen molar-refractivity contribution in [3.05, 3.63) is 42.0 Å². The van der Waals surface area contributed by atoms with E-state index in [1.807, 2.05) is 6.07 Å². The van der Waals surface area contributed by atoms with E-state index >= 15 is 0 Å². The molecule has 72 valence electrons. The van der Waals surface area contributed by atoms with Crippen molar-refractivity contribution in [2.45, 2.75) is 0 Å². The number of hydrogen-bond acceptors (Lipinski definition) is 2. The Kier molecular flexibility index (Phi) is 2.81. The number of benzene rings is 1. The zero-order valence-corrected chi connectivity index (χ0v) is 11.4. The molecule has 0 unspecified atom stereocenters. The van der Waals surface area contributed by atoms with E-state index in [4.69, 9.17) is 4.42 Å². The monoisotopic (exact) mass is 380 g/mol. The van der Waals surface area contributed by atoms with Crippen molar-refractivity contribution < 1.29 is 4.42 Å². The molecule has 0 amide bonds. The lowest BCUT2D eigenvalue weighted by Gasteiger charge is -2.00. The molecule has 5 heteroatoms. The van der Waals surface area contributed by atoms with Gasteiger partial charge >= 0.3 is 0 Å². The second-order valence-electron chi connectivity index (χ2n) is 2.68. The second kappa shape index (κ2) is 3.79. The van der Waals surface area contributed by atoms with E-state index in [0.717, 1.165) is 8.95 Å². The standard InChI is InChI=1S/C9H3Br3O2/c10-4-1-5-8(13)7(12)3-14-9(5)6(11)2-4/h1-3H. The summed E-state index contributed by atoms with van der Waals surface area (Å²) in [6, 6.07) is 3.57. The van der Waals surface area contributed by atoms with Crippen LogP contribution in [0, 0.1) is 0 Å². The molecule has 0 saturated carbocycles. The molecule has 2 rings (SSSR count). The van der Waals surface area contributed by atoms with Gasteiger partial charge in [0, 0.05) is 4.47 Å². The third-order valence-corrected chi connectivity index (χ3v) is 3.34. The highest BCUT2D eigenvalue weighted by Gasteiger charge is 2.08. The lowest BCUT2D eigenvalue weighted by atomic mass is 10.2. The van der Waals surface area contributed by atoms with Crippen LogP contribution in [0.4, 0.5) is 0 Å². The highest BCUT2D eigenvalue weighted by Crippen LogP contribution is 2.27. The van der Waals surface area contributed by atoms with Crippen molar-refractivity contribution in [3.63, 3.8) is 0 Å². The molecule has 1 heterocycles. The van der Waals surface area contributed by atoms with Gasteiger partial charge in [0.25, 0.3) is 0 Å². The minimum absolute atomic E-state index is 0.0757. The van der Waals surface area contributed by atoms with E-state index in [9.17, 15) is 4.79 Å². The SMILES string of the molecule is O=c1c(Br)coc2c(Br)cc(Br)cc12. The molecule has 2 aromatic rings. The van der Waals surface area contributed by atoms with Crippen molar-refractivity contribution >= 4 is 58.8 Å². The fraction of sp³-hybridized carbons (Fsp3) is 0. The van der Waals surface area contributed by atoms with Gasteiger partial charge in [0.1, 0.15) is 10.7 Å². The van der Waals surface area contributed by atoms with E-state index in [2.05, 4.69) is 47.8 Å². The topological polar surface area (TPSA) is 30.2 Å². The van der Waals surface area contributed by atoms with E-state index in [-0.39, 0.29) is 5.43 Å². The van der Waals surface area contributed by atoms with Crippen LogP contribution in [-0.2, 0) is 0 Å². The molecule has 14 heavy (non-hydrogen) atoms. The predicted molar refractivity (Wildman–Crippen MR) is 65.6 cm³/mol. The second-order valence-corrected chi connectivity index (χ2v) is 5.30. The van der Waals surface area contributed by atoms with Gasteiger partial charge in [-0.3, -0.25) is 4.79 Å². The van der Waals surface area contributed by atoms with Gasteiger partial charge in [0.05, 0.1) is 9.86 Å². The molecule has 0 atom stereocenters. The first kappa shape index (κ1) is 10.4. The Balaban J connectivity index is 3.03. The summed E-state index contributed by atoms with van der Waals surface area (Å²) < 4.78 is 7.31. The number of rotatable bonds is 0. The molecule has 0 aliphatic rings. The third-order valence-electron chi connectivity index (χ3n) is 1.75. The summed E-state index contributed by atoms with van der Waals surface area (Å²) in [4.78, 5) is 11.7. The van der Waals surface area contributed by atoms with Crippen LogP contribution in [0.3, 0.4) is 0 Å². The Morgan fingerprint density at radius 2 is 1.79 bits per heavy atom. The predicted octanol–water partition coefficient (Wildman–Crippen LogP) is 4.08. The van der Waals surface area contributed by atoms with Crippen LogP contribution in [0.25, 0.3) is 11.0 Å². The average Bonchev–Trinajstić information content (AvgIpc) is 2.12. The van der Waals surface area contributed by atoms with E-state index in [1.54, 1.807) is 6.07 Å². The minimum atomic E-state index is -0.0757. The van der Waals surface area contributed by atoms with Gasteiger partial charge in [-0.05, 0) is 44.0 Å². The molecule has 0 fully saturated rings.